The minimum absolute atomic E-state index is 0.840. The van der Waals surface area contributed by atoms with Gasteiger partial charge in [0.05, 0.1) is 13.8 Å². The van der Waals surface area contributed by atoms with Gasteiger partial charge in [-0.05, 0) is 31.3 Å². The highest BCUT2D eigenvalue weighted by molar-refractivity contribution is 5.48. The van der Waals surface area contributed by atoms with Gasteiger partial charge in [0.1, 0.15) is 5.75 Å². The second kappa shape index (κ2) is 4.72. The van der Waals surface area contributed by atoms with Crippen molar-refractivity contribution in [3.63, 3.8) is 0 Å². The molecule has 0 aliphatic carbocycles. The molecule has 1 N–H and O–H groups in total. The quantitative estimate of drug-likeness (QED) is 0.707. The third-order valence-electron chi connectivity index (χ3n) is 1.91. The second-order valence-electron chi connectivity index (χ2n) is 2.91. The smallest absolute Gasteiger partial charge is 0.119 e. The Morgan fingerprint density at radius 3 is 2.38 bits per heavy atom. The van der Waals surface area contributed by atoms with Crippen LogP contribution in [0.5, 0.6) is 5.75 Å². The summed E-state index contributed by atoms with van der Waals surface area (Å²) in [5, 5.41) is 3.09. The first-order valence-electron chi connectivity index (χ1n) is 4.27. The number of methoxy groups -OCH3 is 1. The minimum atomic E-state index is 0.840. The summed E-state index contributed by atoms with van der Waals surface area (Å²) >= 11 is 0. The lowest BCUT2D eigenvalue weighted by Crippen LogP contribution is -2.28. The summed E-state index contributed by atoms with van der Waals surface area (Å²) in [6.45, 7) is 0.840. The predicted molar refractivity (Wildman–Crippen MR) is 55.3 cm³/mol. The molecule has 0 aliphatic heterocycles. The standard InChI is InChI=1S/C10H16N2O/c1-11-8-12(2)9-4-6-10(13-3)7-5-9/h4-7,11H,8H2,1-3H3. The molecule has 1 rings (SSSR count). The number of rotatable bonds is 4. The van der Waals surface area contributed by atoms with Crippen molar-refractivity contribution in [1.29, 1.82) is 0 Å². The van der Waals surface area contributed by atoms with Gasteiger partial charge in [0.25, 0.3) is 0 Å². The molecule has 0 heterocycles. The van der Waals surface area contributed by atoms with Crippen molar-refractivity contribution < 1.29 is 4.74 Å². The number of nitrogens with one attached hydrogen (secondary N) is 1. The van der Waals surface area contributed by atoms with Gasteiger partial charge in [0.2, 0.25) is 0 Å². The minimum Gasteiger partial charge on any atom is -0.497 e. The maximum Gasteiger partial charge on any atom is 0.119 e. The molecule has 0 fully saturated rings. The lowest BCUT2D eigenvalue weighted by molar-refractivity contribution is 0.415. The Morgan fingerprint density at radius 1 is 1.31 bits per heavy atom. The van der Waals surface area contributed by atoms with Crippen molar-refractivity contribution in [3.8, 4) is 5.75 Å². The molecule has 0 bridgehead atoms. The summed E-state index contributed by atoms with van der Waals surface area (Å²) in [4.78, 5) is 2.12. The van der Waals surface area contributed by atoms with E-state index in [9.17, 15) is 0 Å². The van der Waals surface area contributed by atoms with Gasteiger partial charge in [-0.25, -0.2) is 0 Å². The van der Waals surface area contributed by atoms with E-state index in [-0.39, 0.29) is 0 Å². The van der Waals surface area contributed by atoms with Crippen LogP contribution in [0.4, 0.5) is 5.69 Å². The van der Waals surface area contributed by atoms with Crippen LogP contribution in [0.3, 0.4) is 0 Å². The fourth-order valence-corrected chi connectivity index (χ4v) is 1.17. The Labute approximate surface area is 79.3 Å². The van der Waals surface area contributed by atoms with Crippen molar-refractivity contribution in [2.75, 3.05) is 32.8 Å². The van der Waals surface area contributed by atoms with Crippen molar-refractivity contribution in [3.05, 3.63) is 24.3 Å². The van der Waals surface area contributed by atoms with Gasteiger partial charge >= 0.3 is 0 Å². The first-order valence-corrected chi connectivity index (χ1v) is 4.27. The average molecular weight is 180 g/mol. The van der Waals surface area contributed by atoms with Gasteiger partial charge in [0, 0.05) is 12.7 Å². The molecule has 0 aromatic heterocycles. The summed E-state index contributed by atoms with van der Waals surface area (Å²) in [5.41, 5.74) is 1.18. The zero-order chi connectivity index (χ0) is 9.68. The Hall–Kier alpha value is -1.22. The van der Waals surface area contributed by atoms with Gasteiger partial charge in [-0.2, -0.15) is 0 Å². The molecular formula is C10H16N2O. The SMILES string of the molecule is CNCN(C)c1ccc(OC)cc1. The van der Waals surface area contributed by atoms with Crippen molar-refractivity contribution >= 4 is 5.69 Å². The van der Waals surface area contributed by atoms with Crippen LogP contribution in [0.1, 0.15) is 0 Å². The predicted octanol–water partition coefficient (Wildman–Crippen LogP) is 1.31. The third kappa shape index (κ3) is 2.63. The molecule has 72 valence electrons. The van der Waals surface area contributed by atoms with Crippen molar-refractivity contribution in [2.45, 2.75) is 0 Å². The van der Waals surface area contributed by atoms with Gasteiger partial charge in [-0.15, -0.1) is 0 Å². The highest BCUT2D eigenvalue weighted by atomic mass is 16.5. The molecule has 1 aromatic carbocycles. The van der Waals surface area contributed by atoms with Gasteiger partial charge in [0.15, 0.2) is 0 Å². The van der Waals surface area contributed by atoms with Crippen molar-refractivity contribution in [1.82, 2.24) is 5.32 Å². The Morgan fingerprint density at radius 2 is 1.92 bits per heavy atom. The molecule has 0 saturated heterocycles. The molecule has 0 unspecified atom stereocenters. The highest BCUT2D eigenvalue weighted by Gasteiger charge is 1.98. The number of hydrogen-bond donors (Lipinski definition) is 1. The van der Waals surface area contributed by atoms with Gasteiger partial charge in [-0.1, -0.05) is 0 Å². The fourth-order valence-electron chi connectivity index (χ4n) is 1.17. The number of hydrogen-bond acceptors (Lipinski definition) is 3. The van der Waals surface area contributed by atoms with Crippen LogP contribution in [0.15, 0.2) is 24.3 Å². The molecule has 0 atom stereocenters. The van der Waals surface area contributed by atoms with Crippen LogP contribution < -0.4 is 15.0 Å². The zero-order valence-corrected chi connectivity index (χ0v) is 8.37. The van der Waals surface area contributed by atoms with E-state index < -0.39 is 0 Å². The molecule has 0 spiro atoms. The lowest BCUT2D eigenvalue weighted by Gasteiger charge is -2.18. The lowest BCUT2D eigenvalue weighted by atomic mass is 10.3. The van der Waals surface area contributed by atoms with E-state index in [0.717, 1.165) is 12.4 Å². The number of ether oxygens (including phenoxy) is 1. The maximum atomic E-state index is 5.07. The number of anilines is 1. The number of benzene rings is 1. The molecule has 1 aromatic rings. The van der Waals surface area contributed by atoms with Crippen LogP contribution in [0.25, 0.3) is 0 Å². The van der Waals surface area contributed by atoms with Gasteiger partial charge in [-0.3, -0.25) is 0 Å². The molecule has 0 aliphatic rings. The topological polar surface area (TPSA) is 24.5 Å². The van der Waals surface area contributed by atoms with Crippen LogP contribution in [-0.2, 0) is 0 Å². The second-order valence-corrected chi connectivity index (χ2v) is 2.91. The largest absolute Gasteiger partial charge is 0.497 e. The van der Waals surface area contributed by atoms with E-state index in [0.29, 0.717) is 0 Å². The van der Waals surface area contributed by atoms with E-state index in [4.69, 9.17) is 4.74 Å². The van der Waals surface area contributed by atoms with E-state index in [1.54, 1.807) is 7.11 Å². The molecule has 13 heavy (non-hydrogen) atoms. The Balaban J connectivity index is 2.67. The molecule has 0 saturated carbocycles. The first-order chi connectivity index (χ1) is 6.27. The summed E-state index contributed by atoms with van der Waals surface area (Å²) in [6, 6.07) is 8.00. The summed E-state index contributed by atoms with van der Waals surface area (Å²) in [5.74, 6) is 0.890. The monoisotopic (exact) mass is 180 g/mol. The third-order valence-corrected chi connectivity index (χ3v) is 1.91. The first kappa shape index (κ1) is 9.86. The molecule has 3 heteroatoms. The molecule has 3 nitrogen and oxygen atoms in total. The fraction of sp³-hybridized carbons (Fsp3) is 0.400. The molecule has 0 radical (unpaired) electrons. The normalized spacial score (nSPS) is 9.77. The zero-order valence-electron chi connectivity index (χ0n) is 8.37. The molecular weight excluding hydrogens is 164 g/mol. The average Bonchev–Trinajstić information content (AvgIpc) is 2.18. The van der Waals surface area contributed by atoms with Crippen molar-refractivity contribution in [2.24, 2.45) is 0 Å². The van der Waals surface area contributed by atoms with E-state index in [1.807, 2.05) is 38.4 Å². The van der Waals surface area contributed by atoms with Crippen LogP contribution in [-0.4, -0.2) is 27.9 Å². The summed E-state index contributed by atoms with van der Waals surface area (Å²) < 4.78 is 5.07. The Bertz CT molecular complexity index is 246. The van der Waals surface area contributed by atoms with E-state index in [1.165, 1.54) is 5.69 Å². The van der Waals surface area contributed by atoms with Crippen LogP contribution in [0, 0.1) is 0 Å². The number of nitrogens with zero attached hydrogens (tertiary/aromatic N) is 1. The Kier molecular flexibility index (Phi) is 3.58. The van der Waals surface area contributed by atoms with E-state index in [2.05, 4.69) is 10.2 Å². The van der Waals surface area contributed by atoms with Crippen LogP contribution >= 0.6 is 0 Å². The van der Waals surface area contributed by atoms with E-state index >= 15 is 0 Å². The van der Waals surface area contributed by atoms with Crippen LogP contribution in [0.2, 0.25) is 0 Å². The summed E-state index contributed by atoms with van der Waals surface area (Å²) in [7, 11) is 5.64. The van der Waals surface area contributed by atoms with Gasteiger partial charge < -0.3 is 15.0 Å². The maximum absolute atomic E-state index is 5.07. The highest BCUT2D eigenvalue weighted by Crippen LogP contribution is 2.17. The molecule has 0 amide bonds. The summed E-state index contributed by atoms with van der Waals surface area (Å²) in [6.07, 6.45) is 0.